The van der Waals surface area contributed by atoms with Crippen molar-refractivity contribution in [2.24, 2.45) is 5.92 Å². The van der Waals surface area contributed by atoms with Crippen molar-refractivity contribution >= 4 is 33.2 Å². The number of rotatable bonds is 5. The smallest absolute Gasteiger partial charge is 0.245 e. The van der Waals surface area contributed by atoms with Gasteiger partial charge in [0.2, 0.25) is 5.95 Å². The molecule has 0 spiro atoms. The summed E-state index contributed by atoms with van der Waals surface area (Å²) >= 11 is 5.21. The quantitative estimate of drug-likeness (QED) is 0.849. The molecule has 0 atom stereocenters. The average molecular weight is 370 g/mol. The van der Waals surface area contributed by atoms with Gasteiger partial charge in [-0.05, 0) is 59.2 Å². The molecule has 2 aromatic heterocycles. The predicted octanol–water partition coefficient (Wildman–Crippen LogP) is 3.12. The number of thiophene rings is 1. The molecule has 21 heavy (non-hydrogen) atoms. The Kier molecular flexibility index (Phi) is 4.92. The highest BCUT2D eigenvalue weighted by Crippen LogP contribution is 2.32. The van der Waals surface area contributed by atoms with Crippen LogP contribution in [0.5, 0.6) is 0 Å². The van der Waals surface area contributed by atoms with E-state index < -0.39 is 0 Å². The van der Waals surface area contributed by atoms with Gasteiger partial charge in [0.15, 0.2) is 5.82 Å². The van der Waals surface area contributed by atoms with Gasteiger partial charge in [-0.3, -0.25) is 5.10 Å². The number of aromatic nitrogens is 3. The molecule has 0 aromatic carbocycles. The van der Waals surface area contributed by atoms with Crippen LogP contribution in [0.25, 0.3) is 10.7 Å². The minimum Gasteiger partial charge on any atom is -0.340 e. The molecule has 3 heterocycles. The molecule has 0 bridgehead atoms. The van der Waals surface area contributed by atoms with E-state index in [1.54, 1.807) is 11.3 Å². The van der Waals surface area contributed by atoms with Crippen LogP contribution in [-0.4, -0.2) is 41.4 Å². The summed E-state index contributed by atoms with van der Waals surface area (Å²) in [5, 5.41) is 12.9. The van der Waals surface area contributed by atoms with E-state index in [0.29, 0.717) is 0 Å². The third kappa shape index (κ3) is 3.46. The van der Waals surface area contributed by atoms with Gasteiger partial charge in [-0.2, -0.15) is 4.98 Å². The molecule has 3 rings (SSSR count). The number of aromatic amines is 1. The van der Waals surface area contributed by atoms with Crippen LogP contribution in [0, 0.1) is 5.92 Å². The Balaban J connectivity index is 1.62. The summed E-state index contributed by atoms with van der Waals surface area (Å²) in [6.07, 6.45) is 2.42. The van der Waals surface area contributed by atoms with E-state index in [0.717, 1.165) is 53.2 Å². The predicted molar refractivity (Wildman–Crippen MR) is 90.9 cm³/mol. The Morgan fingerprint density at radius 1 is 1.48 bits per heavy atom. The Morgan fingerprint density at radius 2 is 2.29 bits per heavy atom. The van der Waals surface area contributed by atoms with Crippen LogP contribution in [0.4, 0.5) is 5.95 Å². The topological polar surface area (TPSA) is 56.8 Å². The molecule has 5 nitrogen and oxygen atoms in total. The van der Waals surface area contributed by atoms with Crippen LogP contribution in [0.2, 0.25) is 0 Å². The number of halogens is 1. The first-order chi connectivity index (χ1) is 10.3. The molecular formula is C14H20BrN5S. The number of hydrogen-bond acceptors (Lipinski definition) is 5. The minimum absolute atomic E-state index is 0.783. The normalized spacial score (nSPS) is 16.6. The molecule has 1 fully saturated rings. The molecule has 0 unspecified atom stereocenters. The van der Waals surface area contributed by atoms with Crippen LogP contribution in [0.15, 0.2) is 15.9 Å². The van der Waals surface area contributed by atoms with E-state index in [9.17, 15) is 0 Å². The van der Waals surface area contributed by atoms with Gasteiger partial charge in [-0.15, -0.1) is 16.4 Å². The Morgan fingerprint density at radius 3 is 2.95 bits per heavy atom. The zero-order chi connectivity index (χ0) is 14.7. The molecule has 0 saturated carbocycles. The van der Waals surface area contributed by atoms with Crippen molar-refractivity contribution in [3.63, 3.8) is 0 Å². The zero-order valence-corrected chi connectivity index (χ0v) is 14.5. The molecule has 7 heteroatoms. The Bertz CT molecular complexity index is 573. The van der Waals surface area contributed by atoms with Gasteiger partial charge < -0.3 is 10.2 Å². The third-order valence-electron chi connectivity index (χ3n) is 3.89. The van der Waals surface area contributed by atoms with Crippen LogP contribution >= 0.6 is 27.3 Å². The summed E-state index contributed by atoms with van der Waals surface area (Å²) in [4.78, 5) is 8.04. The summed E-state index contributed by atoms with van der Waals surface area (Å²) in [6.45, 7) is 6.43. The lowest BCUT2D eigenvalue weighted by Crippen LogP contribution is -2.37. The highest BCUT2D eigenvalue weighted by atomic mass is 79.9. The van der Waals surface area contributed by atoms with Gasteiger partial charge in [-0.1, -0.05) is 6.92 Å². The van der Waals surface area contributed by atoms with E-state index in [1.807, 2.05) is 11.4 Å². The van der Waals surface area contributed by atoms with E-state index >= 15 is 0 Å². The fraction of sp³-hybridized carbons (Fsp3) is 0.571. The van der Waals surface area contributed by atoms with Gasteiger partial charge in [0.05, 0.1) is 4.88 Å². The van der Waals surface area contributed by atoms with E-state index in [1.165, 1.54) is 12.8 Å². The van der Waals surface area contributed by atoms with Crippen LogP contribution in [0.1, 0.15) is 19.8 Å². The largest absolute Gasteiger partial charge is 0.340 e. The fourth-order valence-electron chi connectivity index (χ4n) is 2.64. The second-order valence-corrected chi connectivity index (χ2v) is 7.09. The van der Waals surface area contributed by atoms with Crippen LogP contribution in [0.3, 0.4) is 0 Å². The van der Waals surface area contributed by atoms with Gasteiger partial charge in [-0.25, -0.2) is 0 Å². The molecule has 1 aliphatic heterocycles. The average Bonchev–Trinajstić information content (AvgIpc) is 3.14. The SMILES string of the molecule is CCNCC1CCN(c2n[nH]c(-c3sccc3Br)n2)CC1. The minimum atomic E-state index is 0.783. The molecular weight excluding hydrogens is 350 g/mol. The number of nitrogens with one attached hydrogen (secondary N) is 2. The fourth-order valence-corrected chi connectivity index (χ4v) is 4.14. The molecule has 1 saturated heterocycles. The Hall–Kier alpha value is -0.920. The maximum Gasteiger partial charge on any atom is 0.245 e. The maximum atomic E-state index is 4.65. The van der Waals surface area contributed by atoms with Crippen molar-refractivity contribution in [2.45, 2.75) is 19.8 Å². The molecule has 0 radical (unpaired) electrons. The number of hydrogen-bond donors (Lipinski definition) is 2. The lowest BCUT2D eigenvalue weighted by atomic mass is 9.97. The molecule has 1 aliphatic rings. The first kappa shape index (κ1) is 15.0. The highest BCUT2D eigenvalue weighted by molar-refractivity contribution is 9.10. The van der Waals surface area contributed by atoms with Crippen molar-refractivity contribution < 1.29 is 0 Å². The van der Waals surface area contributed by atoms with Crippen LogP contribution < -0.4 is 10.2 Å². The summed E-state index contributed by atoms with van der Waals surface area (Å²) in [6, 6.07) is 2.04. The lowest BCUT2D eigenvalue weighted by molar-refractivity contribution is 0.384. The molecule has 0 aliphatic carbocycles. The van der Waals surface area contributed by atoms with Crippen molar-refractivity contribution in [2.75, 3.05) is 31.1 Å². The van der Waals surface area contributed by atoms with Crippen molar-refractivity contribution in [3.8, 4) is 10.7 Å². The lowest BCUT2D eigenvalue weighted by Gasteiger charge is -2.31. The van der Waals surface area contributed by atoms with Crippen molar-refractivity contribution in [3.05, 3.63) is 15.9 Å². The summed E-state index contributed by atoms with van der Waals surface area (Å²) in [5.74, 6) is 2.46. The highest BCUT2D eigenvalue weighted by Gasteiger charge is 2.22. The third-order valence-corrected chi connectivity index (χ3v) is 5.73. The molecule has 2 N–H and O–H groups in total. The maximum absolute atomic E-state index is 4.65. The van der Waals surface area contributed by atoms with Crippen LogP contribution in [-0.2, 0) is 0 Å². The van der Waals surface area contributed by atoms with Crippen molar-refractivity contribution in [1.82, 2.24) is 20.5 Å². The van der Waals surface area contributed by atoms with E-state index in [-0.39, 0.29) is 0 Å². The summed E-state index contributed by atoms with van der Waals surface area (Å²) in [7, 11) is 0. The van der Waals surface area contributed by atoms with Gasteiger partial charge >= 0.3 is 0 Å². The van der Waals surface area contributed by atoms with Crippen molar-refractivity contribution in [1.29, 1.82) is 0 Å². The van der Waals surface area contributed by atoms with Gasteiger partial charge in [0.1, 0.15) is 0 Å². The monoisotopic (exact) mass is 369 g/mol. The zero-order valence-electron chi connectivity index (χ0n) is 12.1. The summed E-state index contributed by atoms with van der Waals surface area (Å²) < 4.78 is 1.07. The Labute approximate surface area is 137 Å². The van der Waals surface area contributed by atoms with Gasteiger partial charge in [0.25, 0.3) is 0 Å². The number of H-pyrrole nitrogens is 1. The first-order valence-electron chi connectivity index (χ1n) is 7.39. The van der Waals surface area contributed by atoms with Gasteiger partial charge in [0, 0.05) is 17.6 Å². The number of nitrogens with zero attached hydrogens (tertiary/aromatic N) is 3. The second-order valence-electron chi connectivity index (χ2n) is 5.32. The van der Waals surface area contributed by atoms with E-state index in [4.69, 9.17) is 0 Å². The first-order valence-corrected chi connectivity index (χ1v) is 9.06. The second kappa shape index (κ2) is 6.89. The number of piperidine rings is 1. The number of anilines is 1. The standard InChI is InChI=1S/C14H20BrN5S/c1-2-16-9-10-3-6-20(7-4-10)14-17-13(18-19-14)12-11(15)5-8-21-12/h5,8,10,16H,2-4,6-7,9H2,1H3,(H,17,18,19). The molecule has 2 aromatic rings. The molecule has 114 valence electrons. The summed E-state index contributed by atoms with van der Waals surface area (Å²) in [5.41, 5.74) is 0. The van der Waals surface area contributed by atoms with E-state index in [2.05, 4.69) is 48.3 Å². The molecule has 0 amide bonds.